The van der Waals surface area contributed by atoms with Crippen molar-refractivity contribution in [3.63, 3.8) is 0 Å². The minimum Gasteiger partial charge on any atom is -0.504 e. The minimum absolute atomic E-state index is 0.0177. The Morgan fingerprint density at radius 1 is 0.933 bits per heavy atom. The molecule has 2 aromatic carbocycles. The lowest BCUT2D eigenvalue weighted by Crippen LogP contribution is -2.35. The zero-order valence-corrected chi connectivity index (χ0v) is 17.9. The molecule has 2 aromatic rings. The second-order valence-electron chi connectivity index (χ2n) is 6.88. The number of hydrogen-bond acceptors (Lipinski definition) is 7. The quantitative estimate of drug-likeness (QED) is 0.661. The van der Waals surface area contributed by atoms with Gasteiger partial charge in [0.2, 0.25) is 17.9 Å². The van der Waals surface area contributed by atoms with Crippen molar-refractivity contribution in [1.82, 2.24) is 4.90 Å². The molecule has 0 spiro atoms. The summed E-state index contributed by atoms with van der Waals surface area (Å²) in [5.74, 6) is 2.23. The molecule has 30 heavy (non-hydrogen) atoms. The predicted molar refractivity (Wildman–Crippen MR) is 110 cm³/mol. The van der Waals surface area contributed by atoms with E-state index in [1.54, 1.807) is 26.2 Å². The summed E-state index contributed by atoms with van der Waals surface area (Å²) >= 11 is 0. The number of aromatic hydroxyl groups is 1. The summed E-state index contributed by atoms with van der Waals surface area (Å²) < 4.78 is 27.0. The zero-order chi connectivity index (χ0) is 21.8. The van der Waals surface area contributed by atoms with E-state index in [1.165, 1.54) is 14.2 Å². The van der Waals surface area contributed by atoms with Gasteiger partial charge in [0, 0.05) is 12.1 Å². The Hall–Kier alpha value is -3.29. The van der Waals surface area contributed by atoms with Gasteiger partial charge in [0.25, 0.3) is 0 Å². The van der Waals surface area contributed by atoms with Crippen molar-refractivity contribution in [2.45, 2.75) is 18.9 Å². The van der Waals surface area contributed by atoms with Gasteiger partial charge in [0.15, 0.2) is 23.0 Å². The van der Waals surface area contributed by atoms with Crippen LogP contribution in [0.3, 0.4) is 0 Å². The van der Waals surface area contributed by atoms with Gasteiger partial charge in [-0.3, -0.25) is 4.79 Å². The highest BCUT2D eigenvalue weighted by molar-refractivity contribution is 5.63. The maximum Gasteiger partial charge on any atom is 0.210 e. The third-order valence-corrected chi connectivity index (χ3v) is 5.43. The monoisotopic (exact) mass is 417 g/mol. The van der Waals surface area contributed by atoms with Gasteiger partial charge in [-0.1, -0.05) is 0 Å². The number of phenolic OH excluding ortho intramolecular Hbond substituents is 1. The van der Waals surface area contributed by atoms with Gasteiger partial charge in [-0.05, 0) is 42.2 Å². The number of carbonyl (C=O) groups is 1. The van der Waals surface area contributed by atoms with Crippen LogP contribution in [-0.4, -0.2) is 58.5 Å². The summed E-state index contributed by atoms with van der Waals surface area (Å²) in [4.78, 5) is 13.5. The van der Waals surface area contributed by atoms with Gasteiger partial charge in [-0.25, -0.2) is 0 Å². The Morgan fingerprint density at radius 3 is 2.00 bits per heavy atom. The molecule has 8 nitrogen and oxygen atoms in total. The number of ether oxygens (including phenoxy) is 5. The average molecular weight is 417 g/mol. The van der Waals surface area contributed by atoms with E-state index >= 15 is 0 Å². The lowest BCUT2D eigenvalue weighted by Gasteiger charge is -2.36. The standard InChI is InChI=1S/C22H27NO7/c1-26-16-9-13(10-17(27-2)21(16)29-4)8-15-19-14(6-7-23(15)12-24)11-18(28-3)22(30-5)20(19)25/h9-12,15,25H,6-8H2,1-5H3. The Balaban J connectivity index is 2.11. The number of rotatable bonds is 8. The molecule has 1 aliphatic rings. The Labute approximate surface area is 175 Å². The third-order valence-electron chi connectivity index (χ3n) is 5.43. The van der Waals surface area contributed by atoms with Gasteiger partial charge < -0.3 is 33.7 Å². The van der Waals surface area contributed by atoms with E-state index in [4.69, 9.17) is 23.7 Å². The van der Waals surface area contributed by atoms with E-state index in [1.807, 2.05) is 18.2 Å². The van der Waals surface area contributed by atoms with Gasteiger partial charge in [0.1, 0.15) is 0 Å². The highest BCUT2D eigenvalue weighted by atomic mass is 16.5. The fraction of sp³-hybridized carbons (Fsp3) is 0.409. The fourth-order valence-electron chi connectivity index (χ4n) is 4.01. The molecule has 0 saturated carbocycles. The summed E-state index contributed by atoms with van der Waals surface area (Å²) in [5.41, 5.74) is 2.43. The van der Waals surface area contributed by atoms with Crippen molar-refractivity contribution in [2.24, 2.45) is 0 Å². The summed E-state index contributed by atoms with van der Waals surface area (Å²) in [7, 11) is 7.65. The first-order chi connectivity index (χ1) is 14.5. The van der Waals surface area contributed by atoms with Crippen molar-refractivity contribution in [3.05, 3.63) is 34.9 Å². The smallest absolute Gasteiger partial charge is 0.210 e. The number of carbonyl (C=O) groups excluding carboxylic acids is 1. The van der Waals surface area contributed by atoms with Crippen LogP contribution in [-0.2, 0) is 17.6 Å². The van der Waals surface area contributed by atoms with E-state index in [2.05, 4.69) is 0 Å². The molecule has 1 aliphatic heterocycles. The molecule has 0 fully saturated rings. The van der Waals surface area contributed by atoms with Crippen molar-refractivity contribution in [2.75, 3.05) is 42.1 Å². The molecule has 0 aromatic heterocycles. The second kappa shape index (κ2) is 9.02. The van der Waals surface area contributed by atoms with Crippen LogP contribution in [0.5, 0.6) is 34.5 Å². The molecule has 0 bridgehead atoms. The molecule has 0 aliphatic carbocycles. The molecule has 0 radical (unpaired) electrons. The van der Waals surface area contributed by atoms with Crippen molar-refractivity contribution < 1.29 is 33.6 Å². The largest absolute Gasteiger partial charge is 0.504 e. The van der Waals surface area contributed by atoms with Gasteiger partial charge in [0.05, 0.1) is 41.6 Å². The summed E-state index contributed by atoms with van der Waals surface area (Å²) in [6, 6.07) is 5.15. The normalized spacial score (nSPS) is 15.2. The first-order valence-electron chi connectivity index (χ1n) is 9.49. The van der Waals surface area contributed by atoms with Crippen LogP contribution < -0.4 is 23.7 Å². The van der Waals surface area contributed by atoms with Gasteiger partial charge in [-0.15, -0.1) is 0 Å². The zero-order valence-electron chi connectivity index (χ0n) is 17.9. The van der Waals surface area contributed by atoms with E-state index in [-0.39, 0.29) is 11.5 Å². The van der Waals surface area contributed by atoms with Crippen LogP contribution in [0.25, 0.3) is 0 Å². The average Bonchev–Trinajstić information content (AvgIpc) is 2.77. The molecule has 1 N–H and O–H groups in total. The first-order valence-corrected chi connectivity index (χ1v) is 9.49. The van der Waals surface area contributed by atoms with E-state index < -0.39 is 6.04 Å². The molecular weight excluding hydrogens is 390 g/mol. The van der Waals surface area contributed by atoms with Crippen LogP contribution >= 0.6 is 0 Å². The Bertz CT molecular complexity index is 903. The highest BCUT2D eigenvalue weighted by Gasteiger charge is 2.33. The SMILES string of the molecule is COc1cc(CC2c3c(cc(OC)c(OC)c3O)CCN2C=O)cc(OC)c1OC. The van der Waals surface area contributed by atoms with Crippen LogP contribution in [0.2, 0.25) is 0 Å². The third kappa shape index (κ3) is 3.65. The van der Waals surface area contributed by atoms with Gasteiger partial charge in [-0.2, -0.15) is 0 Å². The maximum absolute atomic E-state index is 11.8. The number of nitrogens with zero attached hydrogens (tertiary/aromatic N) is 1. The maximum atomic E-state index is 11.8. The molecule has 0 saturated heterocycles. The van der Waals surface area contributed by atoms with Crippen LogP contribution in [0.1, 0.15) is 22.7 Å². The molecule has 1 heterocycles. The Kier molecular flexibility index (Phi) is 6.44. The molecule has 3 rings (SSSR count). The van der Waals surface area contributed by atoms with E-state index in [0.717, 1.165) is 17.5 Å². The molecular formula is C22H27NO7. The fourth-order valence-corrected chi connectivity index (χ4v) is 4.01. The molecule has 1 atom stereocenters. The minimum atomic E-state index is -0.395. The molecule has 8 heteroatoms. The predicted octanol–water partition coefficient (Wildman–Crippen LogP) is 2.73. The highest BCUT2D eigenvalue weighted by Crippen LogP contribution is 2.48. The second-order valence-corrected chi connectivity index (χ2v) is 6.88. The van der Waals surface area contributed by atoms with E-state index in [0.29, 0.717) is 47.9 Å². The summed E-state index contributed by atoms with van der Waals surface area (Å²) in [5, 5.41) is 11.0. The van der Waals surface area contributed by atoms with Gasteiger partial charge >= 0.3 is 0 Å². The number of methoxy groups -OCH3 is 5. The number of fused-ring (bicyclic) bond motifs is 1. The topological polar surface area (TPSA) is 86.7 Å². The lowest BCUT2D eigenvalue weighted by molar-refractivity contribution is -0.120. The van der Waals surface area contributed by atoms with Crippen LogP contribution in [0.15, 0.2) is 18.2 Å². The molecule has 1 amide bonds. The number of hydrogen-bond donors (Lipinski definition) is 1. The summed E-state index contributed by atoms with van der Waals surface area (Å²) in [6.07, 6.45) is 1.85. The van der Waals surface area contributed by atoms with Crippen LogP contribution in [0, 0.1) is 0 Å². The number of amides is 1. The van der Waals surface area contributed by atoms with E-state index in [9.17, 15) is 9.90 Å². The van der Waals surface area contributed by atoms with Crippen molar-refractivity contribution in [3.8, 4) is 34.5 Å². The molecule has 1 unspecified atom stereocenters. The summed E-state index contributed by atoms with van der Waals surface area (Å²) in [6.45, 7) is 0.528. The first kappa shape index (κ1) is 21.4. The number of benzene rings is 2. The number of phenols is 1. The lowest BCUT2D eigenvalue weighted by atomic mass is 9.87. The van der Waals surface area contributed by atoms with Crippen molar-refractivity contribution in [1.29, 1.82) is 0 Å². The van der Waals surface area contributed by atoms with Crippen molar-refractivity contribution >= 4 is 6.41 Å². The van der Waals surface area contributed by atoms with Crippen LogP contribution in [0.4, 0.5) is 0 Å². The molecule has 162 valence electrons. The Morgan fingerprint density at radius 2 is 1.50 bits per heavy atom.